The van der Waals surface area contributed by atoms with Crippen LogP contribution in [0.2, 0.25) is 10.0 Å². The highest BCUT2D eigenvalue weighted by Crippen LogP contribution is 2.28. The molecule has 0 fully saturated rings. The van der Waals surface area contributed by atoms with Crippen LogP contribution < -0.4 is 0 Å². The molecule has 0 radical (unpaired) electrons. The van der Waals surface area contributed by atoms with Gasteiger partial charge in [-0.1, -0.05) is 23.2 Å². The van der Waals surface area contributed by atoms with Gasteiger partial charge in [0.15, 0.2) is 5.69 Å². The Kier molecular flexibility index (Phi) is 3.10. The third-order valence-corrected chi connectivity index (χ3v) is 3.40. The van der Waals surface area contributed by atoms with Gasteiger partial charge in [-0.25, -0.2) is 4.98 Å². The van der Waals surface area contributed by atoms with Crippen LogP contribution in [-0.4, -0.2) is 9.55 Å². The molecule has 0 amide bonds. The molecule has 2 aromatic rings. The predicted octanol–water partition coefficient (Wildman–Crippen LogP) is 3.57. The molecule has 0 atom stereocenters. The molecule has 3 nitrogen and oxygen atoms in total. The van der Waals surface area contributed by atoms with Gasteiger partial charge in [0, 0.05) is 12.6 Å². The first kappa shape index (κ1) is 12.0. The Balaban J connectivity index is 2.61. The Hall–Kier alpha value is -1.50. The maximum atomic E-state index is 8.93. The Morgan fingerprint density at radius 2 is 2.00 bits per heavy atom. The van der Waals surface area contributed by atoms with Crippen molar-refractivity contribution in [3.8, 4) is 17.5 Å². The standard InChI is InChI=1S/C12H9Cl2N3/c1-7-11(6-15)16-12(17(7)2)8-3-4-9(13)10(14)5-8/h3-5H,1-2H3. The first-order valence-corrected chi connectivity index (χ1v) is 5.69. The number of aromatic nitrogens is 2. The highest BCUT2D eigenvalue weighted by atomic mass is 35.5. The number of halogens is 2. The highest BCUT2D eigenvalue weighted by molar-refractivity contribution is 6.42. The fourth-order valence-electron chi connectivity index (χ4n) is 1.58. The number of hydrogen-bond acceptors (Lipinski definition) is 2. The average molecular weight is 266 g/mol. The van der Waals surface area contributed by atoms with Gasteiger partial charge in [-0.15, -0.1) is 0 Å². The van der Waals surface area contributed by atoms with Crippen molar-refractivity contribution in [2.24, 2.45) is 7.05 Å². The van der Waals surface area contributed by atoms with Gasteiger partial charge in [-0.05, 0) is 25.1 Å². The SMILES string of the molecule is Cc1c(C#N)nc(-c2ccc(Cl)c(Cl)c2)n1C. The van der Waals surface area contributed by atoms with E-state index >= 15 is 0 Å². The molecule has 0 unspecified atom stereocenters. The second-order valence-electron chi connectivity index (χ2n) is 3.67. The summed E-state index contributed by atoms with van der Waals surface area (Å²) >= 11 is 11.8. The van der Waals surface area contributed by atoms with Crippen LogP contribution in [0.5, 0.6) is 0 Å². The van der Waals surface area contributed by atoms with E-state index in [0.29, 0.717) is 21.6 Å². The van der Waals surface area contributed by atoms with Crippen molar-refractivity contribution in [1.29, 1.82) is 5.26 Å². The van der Waals surface area contributed by atoms with Crippen LogP contribution in [0.25, 0.3) is 11.4 Å². The molecular weight excluding hydrogens is 257 g/mol. The second-order valence-corrected chi connectivity index (χ2v) is 4.48. The van der Waals surface area contributed by atoms with Gasteiger partial charge < -0.3 is 4.57 Å². The minimum Gasteiger partial charge on any atom is -0.330 e. The maximum absolute atomic E-state index is 8.93. The van der Waals surface area contributed by atoms with Crippen LogP contribution in [0.4, 0.5) is 0 Å². The van der Waals surface area contributed by atoms with Gasteiger partial charge >= 0.3 is 0 Å². The quantitative estimate of drug-likeness (QED) is 0.791. The van der Waals surface area contributed by atoms with Gasteiger partial charge in [-0.2, -0.15) is 5.26 Å². The number of nitrogens with zero attached hydrogens (tertiary/aromatic N) is 3. The van der Waals surface area contributed by atoms with Gasteiger partial charge in [0.25, 0.3) is 0 Å². The second kappa shape index (κ2) is 4.40. The van der Waals surface area contributed by atoms with E-state index in [-0.39, 0.29) is 0 Å². The summed E-state index contributed by atoms with van der Waals surface area (Å²) in [6, 6.07) is 7.35. The fourth-order valence-corrected chi connectivity index (χ4v) is 1.88. The molecule has 0 aliphatic heterocycles. The van der Waals surface area contributed by atoms with Crippen LogP contribution >= 0.6 is 23.2 Å². The molecule has 0 bridgehead atoms. The molecule has 2 rings (SSSR count). The van der Waals surface area contributed by atoms with Crippen molar-refractivity contribution in [1.82, 2.24) is 9.55 Å². The number of nitriles is 1. The Labute approximate surface area is 109 Å². The molecule has 0 saturated carbocycles. The van der Waals surface area contributed by atoms with Crippen LogP contribution in [0.3, 0.4) is 0 Å². The van der Waals surface area contributed by atoms with Gasteiger partial charge in [-0.3, -0.25) is 0 Å². The molecule has 17 heavy (non-hydrogen) atoms. The lowest BCUT2D eigenvalue weighted by Crippen LogP contribution is -1.94. The van der Waals surface area contributed by atoms with E-state index in [1.54, 1.807) is 12.1 Å². The van der Waals surface area contributed by atoms with Crippen LogP contribution in [0, 0.1) is 18.3 Å². The molecule has 5 heteroatoms. The summed E-state index contributed by atoms with van der Waals surface area (Å²) in [6.45, 7) is 1.85. The first-order valence-electron chi connectivity index (χ1n) is 4.93. The Morgan fingerprint density at radius 1 is 1.29 bits per heavy atom. The van der Waals surface area contributed by atoms with E-state index in [2.05, 4.69) is 11.1 Å². The molecule has 0 saturated heterocycles. The van der Waals surface area contributed by atoms with Crippen molar-refractivity contribution in [3.63, 3.8) is 0 Å². The lowest BCUT2D eigenvalue weighted by molar-refractivity contribution is 0.883. The summed E-state index contributed by atoms with van der Waals surface area (Å²) in [5.74, 6) is 0.706. The molecule has 0 aliphatic carbocycles. The largest absolute Gasteiger partial charge is 0.330 e. The minimum absolute atomic E-state index is 0.425. The molecule has 0 spiro atoms. The smallest absolute Gasteiger partial charge is 0.162 e. The molecule has 1 aromatic heterocycles. The molecule has 0 N–H and O–H groups in total. The van der Waals surface area contributed by atoms with E-state index in [9.17, 15) is 0 Å². The fraction of sp³-hybridized carbons (Fsp3) is 0.167. The van der Waals surface area contributed by atoms with Crippen LogP contribution in [-0.2, 0) is 7.05 Å². The molecule has 1 heterocycles. The first-order chi connectivity index (χ1) is 8.04. The number of benzene rings is 1. The third kappa shape index (κ3) is 2.02. The average Bonchev–Trinajstić information content (AvgIpc) is 2.60. The van der Waals surface area contributed by atoms with Crippen molar-refractivity contribution in [2.45, 2.75) is 6.92 Å². The molecule has 1 aromatic carbocycles. The topological polar surface area (TPSA) is 41.6 Å². The van der Waals surface area contributed by atoms with E-state index < -0.39 is 0 Å². The monoisotopic (exact) mass is 265 g/mol. The number of hydrogen-bond donors (Lipinski definition) is 0. The lowest BCUT2D eigenvalue weighted by Gasteiger charge is -2.04. The maximum Gasteiger partial charge on any atom is 0.162 e. The molecular formula is C12H9Cl2N3. The third-order valence-electron chi connectivity index (χ3n) is 2.66. The predicted molar refractivity (Wildman–Crippen MR) is 68.1 cm³/mol. The van der Waals surface area contributed by atoms with Gasteiger partial charge in [0.2, 0.25) is 0 Å². The van der Waals surface area contributed by atoms with E-state index in [4.69, 9.17) is 28.5 Å². The van der Waals surface area contributed by atoms with E-state index in [1.165, 1.54) is 0 Å². The summed E-state index contributed by atoms with van der Waals surface area (Å²) in [7, 11) is 1.86. The van der Waals surface area contributed by atoms with Gasteiger partial charge in [0.1, 0.15) is 11.9 Å². The van der Waals surface area contributed by atoms with Crippen molar-refractivity contribution in [2.75, 3.05) is 0 Å². The lowest BCUT2D eigenvalue weighted by atomic mass is 10.2. The number of imidazole rings is 1. The molecule has 86 valence electrons. The summed E-state index contributed by atoms with van der Waals surface area (Å²) in [5.41, 5.74) is 2.09. The minimum atomic E-state index is 0.425. The highest BCUT2D eigenvalue weighted by Gasteiger charge is 2.13. The van der Waals surface area contributed by atoms with Crippen molar-refractivity contribution >= 4 is 23.2 Å². The van der Waals surface area contributed by atoms with Crippen LogP contribution in [0.15, 0.2) is 18.2 Å². The van der Waals surface area contributed by atoms with E-state index in [1.807, 2.05) is 24.6 Å². The van der Waals surface area contributed by atoms with Crippen molar-refractivity contribution < 1.29 is 0 Å². The summed E-state index contributed by atoms with van der Waals surface area (Å²) in [4.78, 5) is 4.27. The normalized spacial score (nSPS) is 10.3. The summed E-state index contributed by atoms with van der Waals surface area (Å²) in [6.07, 6.45) is 0. The zero-order chi connectivity index (χ0) is 12.6. The zero-order valence-electron chi connectivity index (χ0n) is 9.33. The number of rotatable bonds is 1. The Morgan fingerprint density at radius 3 is 2.53 bits per heavy atom. The van der Waals surface area contributed by atoms with Crippen LogP contribution in [0.1, 0.15) is 11.4 Å². The zero-order valence-corrected chi connectivity index (χ0v) is 10.8. The summed E-state index contributed by atoms with van der Waals surface area (Å²) < 4.78 is 1.86. The van der Waals surface area contributed by atoms with Gasteiger partial charge in [0.05, 0.1) is 15.7 Å². The molecule has 0 aliphatic rings. The van der Waals surface area contributed by atoms with E-state index in [0.717, 1.165) is 11.3 Å². The van der Waals surface area contributed by atoms with Crippen molar-refractivity contribution in [3.05, 3.63) is 39.6 Å². The Bertz CT molecular complexity index is 623. The summed E-state index contributed by atoms with van der Waals surface area (Å²) in [5, 5.41) is 9.91.